The Balaban J connectivity index is 1.38. The van der Waals surface area contributed by atoms with Gasteiger partial charge in [-0.3, -0.25) is 0 Å². The molecule has 0 aromatic rings. The Kier molecular flexibility index (Phi) is 7.44. The van der Waals surface area contributed by atoms with Gasteiger partial charge in [-0.15, -0.1) is 0 Å². The summed E-state index contributed by atoms with van der Waals surface area (Å²) in [4.78, 5) is 2.43. The third-order valence-corrected chi connectivity index (χ3v) is 4.79. The van der Waals surface area contributed by atoms with E-state index in [2.05, 4.69) is 18.9 Å². The number of ether oxygens (including phenoxy) is 3. The van der Waals surface area contributed by atoms with E-state index in [-0.39, 0.29) is 0 Å². The van der Waals surface area contributed by atoms with E-state index in [0.717, 1.165) is 38.6 Å². The summed E-state index contributed by atoms with van der Waals surface area (Å²) in [6.07, 6.45) is 6.83. The van der Waals surface area contributed by atoms with Gasteiger partial charge in [-0.05, 0) is 51.6 Å². The maximum absolute atomic E-state index is 5.86. The van der Waals surface area contributed by atoms with Crippen LogP contribution in [0.2, 0.25) is 0 Å². The molecule has 21 heavy (non-hydrogen) atoms. The zero-order chi connectivity index (χ0) is 15.1. The summed E-state index contributed by atoms with van der Waals surface area (Å²) in [6, 6.07) is 0. The van der Waals surface area contributed by atoms with Gasteiger partial charge in [-0.2, -0.15) is 0 Å². The van der Waals surface area contributed by atoms with Gasteiger partial charge in [0.1, 0.15) is 0 Å². The SMILES string of the molecule is COC1CC(OC[C@H](C)COCCCC2CCN(C)C2)C1. The number of hydrogen-bond donors (Lipinski definition) is 0. The van der Waals surface area contributed by atoms with Gasteiger partial charge in [0.05, 0.1) is 25.4 Å². The first-order chi connectivity index (χ1) is 10.2. The second-order valence-electron chi connectivity index (χ2n) is 7.02. The molecule has 0 spiro atoms. The van der Waals surface area contributed by atoms with Gasteiger partial charge in [-0.25, -0.2) is 0 Å². The fourth-order valence-corrected chi connectivity index (χ4v) is 3.21. The molecule has 2 atom stereocenters. The van der Waals surface area contributed by atoms with E-state index in [1.54, 1.807) is 7.11 Å². The van der Waals surface area contributed by atoms with Gasteiger partial charge in [0.2, 0.25) is 0 Å². The maximum Gasteiger partial charge on any atom is 0.0624 e. The maximum atomic E-state index is 5.86. The van der Waals surface area contributed by atoms with E-state index < -0.39 is 0 Å². The van der Waals surface area contributed by atoms with Crippen LogP contribution in [-0.4, -0.2) is 64.2 Å². The molecule has 1 heterocycles. The van der Waals surface area contributed by atoms with Crippen LogP contribution in [-0.2, 0) is 14.2 Å². The molecule has 0 N–H and O–H groups in total. The van der Waals surface area contributed by atoms with Crippen LogP contribution in [0.1, 0.15) is 39.0 Å². The lowest BCUT2D eigenvalue weighted by Gasteiger charge is -2.34. The van der Waals surface area contributed by atoms with Crippen molar-refractivity contribution >= 4 is 0 Å². The average Bonchev–Trinajstić information content (AvgIpc) is 2.82. The van der Waals surface area contributed by atoms with Crippen LogP contribution in [0.3, 0.4) is 0 Å². The van der Waals surface area contributed by atoms with Crippen molar-refractivity contribution in [3.8, 4) is 0 Å². The van der Waals surface area contributed by atoms with Crippen LogP contribution in [0.5, 0.6) is 0 Å². The topological polar surface area (TPSA) is 30.9 Å². The quantitative estimate of drug-likeness (QED) is 0.580. The van der Waals surface area contributed by atoms with Gasteiger partial charge < -0.3 is 19.1 Å². The van der Waals surface area contributed by atoms with E-state index in [4.69, 9.17) is 14.2 Å². The summed E-state index contributed by atoms with van der Waals surface area (Å²) in [7, 11) is 4.00. The van der Waals surface area contributed by atoms with Crippen molar-refractivity contribution in [1.29, 1.82) is 0 Å². The monoisotopic (exact) mass is 299 g/mol. The minimum Gasteiger partial charge on any atom is -0.381 e. The van der Waals surface area contributed by atoms with Gasteiger partial charge in [0, 0.05) is 26.2 Å². The summed E-state index contributed by atoms with van der Waals surface area (Å²) in [6.45, 7) is 7.29. The van der Waals surface area contributed by atoms with E-state index in [1.807, 2.05) is 0 Å². The molecule has 0 aromatic heterocycles. The van der Waals surface area contributed by atoms with Crippen molar-refractivity contribution in [2.75, 3.05) is 47.1 Å². The highest BCUT2D eigenvalue weighted by Crippen LogP contribution is 2.26. The molecule has 4 heteroatoms. The highest BCUT2D eigenvalue weighted by Gasteiger charge is 2.29. The Bertz CT molecular complexity index is 281. The van der Waals surface area contributed by atoms with Crippen LogP contribution < -0.4 is 0 Å². The summed E-state index contributed by atoms with van der Waals surface area (Å²) in [5.74, 6) is 1.39. The van der Waals surface area contributed by atoms with Crippen LogP contribution in [0, 0.1) is 11.8 Å². The van der Waals surface area contributed by atoms with Crippen molar-refractivity contribution in [3.05, 3.63) is 0 Å². The fraction of sp³-hybridized carbons (Fsp3) is 1.00. The molecular formula is C17H33NO3. The number of methoxy groups -OCH3 is 1. The zero-order valence-corrected chi connectivity index (χ0v) is 14.1. The third-order valence-electron chi connectivity index (χ3n) is 4.79. The Hall–Kier alpha value is -0.160. The van der Waals surface area contributed by atoms with E-state index in [9.17, 15) is 0 Å². The third kappa shape index (κ3) is 6.23. The van der Waals surface area contributed by atoms with E-state index in [1.165, 1.54) is 32.4 Å². The van der Waals surface area contributed by atoms with E-state index in [0.29, 0.717) is 18.1 Å². The van der Waals surface area contributed by atoms with Gasteiger partial charge in [0.25, 0.3) is 0 Å². The number of nitrogens with zero attached hydrogens (tertiary/aromatic N) is 1. The molecule has 1 aliphatic carbocycles. The molecule has 2 fully saturated rings. The first kappa shape index (κ1) is 17.2. The second-order valence-corrected chi connectivity index (χ2v) is 7.02. The fourth-order valence-electron chi connectivity index (χ4n) is 3.21. The Morgan fingerprint density at radius 1 is 1.19 bits per heavy atom. The molecule has 0 bridgehead atoms. The minimum absolute atomic E-state index is 0.414. The smallest absolute Gasteiger partial charge is 0.0624 e. The van der Waals surface area contributed by atoms with Crippen LogP contribution in [0.4, 0.5) is 0 Å². The van der Waals surface area contributed by atoms with Gasteiger partial charge in [-0.1, -0.05) is 6.92 Å². The Labute approximate surface area is 130 Å². The van der Waals surface area contributed by atoms with Gasteiger partial charge in [0.15, 0.2) is 0 Å². The highest BCUT2D eigenvalue weighted by molar-refractivity contribution is 4.80. The molecule has 0 aromatic carbocycles. The molecule has 4 nitrogen and oxygen atoms in total. The molecule has 1 saturated heterocycles. The predicted octanol–water partition coefficient (Wildman–Crippen LogP) is 2.57. The largest absolute Gasteiger partial charge is 0.381 e. The minimum atomic E-state index is 0.414. The van der Waals surface area contributed by atoms with Crippen molar-refractivity contribution in [2.24, 2.45) is 11.8 Å². The van der Waals surface area contributed by atoms with Crippen LogP contribution in [0.25, 0.3) is 0 Å². The summed E-state index contributed by atoms with van der Waals surface area (Å²) >= 11 is 0. The average molecular weight is 299 g/mol. The molecule has 2 rings (SSSR count). The lowest BCUT2D eigenvalue weighted by atomic mass is 9.92. The Morgan fingerprint density at radius 3 is 2.67 bits per heavy atom. The number of rotatable bonds is 10. The standard InChI is InChI=1S/C17H33NO3/c1-14(13-21-17-9-16(10-17)19-3)12-20-8-4-5-15-6-7-18(2)11-15/h14-17H,4-13H2,1-3H3/t14-,15?,16?,17?/m1/s1. The molecule has 0 amide bonds. The Morgan fingerprint density at radius 2 is 2.00 bits per heavy atom. The first-order valence-electron chi connectivity index (χ1n) is 8.58. The highest BCUT2D eigenvalue weighted by atomic mass is 16.5. The lowest BCUT2D eigenvalue weighted by molar-refractivity contribution is -0.0979. The van der Waals surface area contributed by atoms with Crippen molar-refractivity contribution in [2.45, 2.75) is 51.2 Å². The molecule has 124 valence electrons. The summed E-state index contributed by atoms with van der Waals surface area (Å²) in [5, 5.41) is 0. The molecule has 1 aliphatic heterocycles. The summed E-state index contributed by atoms with van der Waals surface area (Å²) < 4.78 is 16.9. The van der Waals surface area contributed by atoms with E-state index >= 15 is 0 Å². The molecule has 0 radical (unpaired) electrons. The second kappa shape index (κ2) is 9.09. The number of hydrogen-bond acceptors (Lipinski definition) is 4. The number of likely N-dealkylation sites (tertiary alicyclic amines) is 1. The summed E-state index contributed by atoms with van der Waals surface area (Å²) in [5.41, 5.74) is 0. The van der Waals surface area contributed by atoms with Crippen LogP contribution in [0.15, 0.2) is 0 Å². The normalized spacial score (nSPS) is 31.3. The van der Waals surface area contributed by atoms with Crippen molar-refractivity contribution in [3.63, 3.8) is 0 Å². The predicted molar refractivity (Wildman–Crippen MR) is 84.6 cm³/mol. The molecule has 2 aliphatic rings. The molecule has 1 unspecified atom stereocenters. The van der Waals surface area contributed by atoms with Crippen molar-refractivity contribution in [1.82, 2.24) is 4.90 Å². The van der Waals surface area contributed by atoms with Crippen LogP contribution >= 0.6 is 0 Å². The first-order valence-corrected chi connectivity index (χ1v) is 8.58. The molecular weight excluding hydrogens is 266 g/mol. The zero-order valence-electron chi connectivity index (χ0n) is 14.1. The van der Waals surface area contributed by atoms with Gasteiger partial charge >= 0.3 is 0 Å². The lowest BCUT2D eigenvalue weighted by Crippen LogP contribution is -2.37. The van der Waals surface area contributed by atoms with Crippen molar-refractivity contribution < 1.29 is 14.2 Å². The molecule has 1 saturated carbocycles.